The molecule has 0 radical (unpaired) electrons. The predicted molar refractivity (Wildman–Crippen MR) is 141 cm³/mol. The van der Waals surface area contributed by atoms with Crippen molar-refractivity contribution in [1.29, 1.82) is 0 Å². The predicted octanol–water partition coefficient (Wildman–Crippen LogP) is 4.60. The van der Waals surface area contributed by atoms with Crippen LogP contribution < -0.4 is 16.0 Å². The molecular weight excluding hydrogens is 460 g/mol. The number of hydrogen-bond donors (Lipinski definition) is 2. The number of amides is 3. The van der Waals surface area contributed by atoms with E-state index in [-0.39, 0.29) is 11.8 Å². The van der Waals surface area contributed by atoms with Gasteiger partial charge in [-0.25, -0.2) is 4.99 Å². The Morgan fingerprint density at radius 2 is 1.66 bits per heavy atom. The van der Waals surface area contributed by atoms with Gasteiger partial charge in [-0.1, -0.05) is 59.8 Å². The highest BCUT2D eigenvalue weighted by atomic mass is 32.2. The number of nitrogens with two attached hydrogens (primary N) is 1. The van der Waals surface area contributed by atoms with Crippen molar-refractivity contribution in [3.05, 3.63) is 101 Å². The van der Waals surface area contributed by atoms with Gasteiger partial charge in [-0.2, -0.15) is 0 Å². The number of benzene rings is 3. The summed E-state index contributed by atoms with van der Waals surface area (Å²) in [5, 5.41) is 2.69. The number of rotatable bonds is 6. The van der Waals surface area contributed by atoms with Crippen LogP contribution in [0.15, 0.2) is 89.6 Å². The van der Waals surface area contributed by atoms with Crippen LogP contribution in [0.5, 0.6) is 0 Å². The number of hydrogen-bond acceptors (Lipinski definition) is 5. The maximum Gasteiger partial charge on any atom is 0.283 e. The number of nitrogens with one attached hydrogen (secondary N) is 1. The molecule has 3 amide bonds. The Kier molecular flexibility index (Phi) is 7.12. The van der Waals surface area contributed by atoms with Crippen LogP contribution in [0.2, 0.25) is 0 Å². The molecule has 8 heteroatoms. The number of anilines is 2. The molecule has 0 aromatic heterocycles. The van der Waals surface area contributed by atoms with Gasteiger partial charge < -0.3 is 11.1 Å². The number of aliphatic imine (C=N–C) groups is 1. The molecule has 0 saturated carbocycles. The van der Waals surface area contributed by atoms with Crippen molar-refractivity contribution in [3.8, 4) is 0 Å². The number of carbonyl (C=O) groups excluding carboxylic acids is 3. The van der Waals surface area contributed by atoms with Crippen molar-refractivity contribution in [2.45, 2.75) is 19.1 Å². The van der Waals surface area contributed by atoms with E-state index >= 15 is 0 Å². The fourth-order valence-electron chi connectivity index (χ4n) is 3.37. The summed E-state index contributed by atoms with van der Waals surface area (Å²) < 4.78 is 0. The third kappa shape index (κ3) is 5.67. The number of aryl methyl sites for hydroxylation is 1. The Morgan fingerprint density at radius 3 is 2.29 bits per heavy atom. The lowest BCUT2D eigenvalue weighted by Crippen LogP contribution is -2.33. The quantitative estimate of drug-likeness (QED) is 0.499. The molecule has 1 unspecified atom stereocenters. The first-order valence-electron chi connectivity index (χ1n) is 11.0. The standard InChI is InChI=1S/C27H24N4O3S/c1-17-8-10-19(11-9-17)16-23-26(34)31(22-6-4-3-5-7-22)27(30-23)35-18(2)25(33)29-21-14-12-20(13-15-21)24(28)32/h3-16,18H,1-2H3,(H2,28,32)(H,29,33)/b23-16+. The van der Waals surface area contributed by atoms with Gasteiger partial charge in [0.2, 0.25) is 11.8 Å². The zero-order valence-corrected chi connectivity index (χ0v) is 20.1. The highest BCUT2D eigenvalue weighted by molar-refractivity contribution is 8.15. The highest BCUT2D eigenvalue weighted by Crippen LogP contribution is 2.31. The van der Waals surface area contributed by atoms with Gasteiger partial charge in [-0.3, -0.25) is 19.3 Å². The van der Waals surface area contributed by atoms with Crippen LogP contribution in [0, 0.1) is 6.92 Å². The summed E-state index contributed by atoms with van der Waals surface area (Å²) in [5.41, 5.74) is 9.12. The molecule has 1 atom stereocenters. The topological polar surface area (TPSA) is 105 Å². The zero-order chi connectivity index (χ0) is 24.9. The van der Waals surface area contributed by atoms with E-state index in [9.17, 15) is 14.4 Å². The molecule has 1 aliphatic heterocycles. The Balaban J connectivity index is 1.56. The number of nitrogens with zero attached hydrogens (tertiary/aromatic N) is 2. The molecule has 3 N–H and O–H groups in total. The average molecular weight is 485 g/mol. The summed E-state index contributed by atoms with van der Waals surface area (Å²) in [6.45, 7) is 3.75. The molecule has 0 bridgehead atoms. The molecular formula is C27H24N4O3S. The Morgan fingerprint density at radius 1 is 1.00 bits per heavy atom. The number of carbonyl (C=O) groups is 3. The number of para-hydroxylation sites is 1. The van der Waals surface area contributed by atoms with E-state index in [2.05, 4.69) is 10.3 Å². The second-order valence-corrected chi connectivity index (χ2v) is 9.31. The van der Waals surface area contributed by atoms with Gasteiger partial charge in [0, 0.05) is 11.3 Å². The molecule has 4 rings (SSSR count). The van der Waals surface area contributed by atoms with Gasteiger partial charge in [0.15, 0.2) is 5.17 Å². The van der Waals surface area contributed by atoms with E-state index < -0.39 is 11.2 Å². The monoisotopic (exact) mass is 484 g/mol. The summed E-state index contributed by atoms with van der Waals surface area (Å²) >= 11 is 1.19. The van der Waals surface area contributed by atoms with Gasteiger partial charge in [0.1, 0.15) is 5.70 Å². The normalized spacial score (nSPS) is 15.1. The van der Waals surface area contributed by atoms with E-state index in [0.717, 1.165) is 11.1 Å². The molecule has 0 aliphatic carbocycles. The second-order valence-electron chi connectivity index (χ2n) is 8.00. The van der Waals surface area contributed by atoms with Crippen molar-refractivity contribution < 1.29 is 14.4 Å². The van der Waals surface area contributed by atoms with E-state index in [1.807, 2.05) is 61.5 Å². The minimum absolute atomic E-state index is 0.256. The lowest BCUT2D eigenvalue weighted by Gasteiger charge is -2.20. The largest absolute Gasteiger partial charge is 0.366 e. The highest BCUT2D eigenvalue weighted by Gasteiger charge is 2.34. The molecule has 3 aromatic rings. The summed E-state index contributed by atoms with van der Waals surface area (Å²) in [6.07, 6.45) is 1.75. The van der Waals surface area contributed by atoms with Gasteiger partial charge in [-0.05, 0) is 61.9 Å². The molecule has 35 heavy (non-hydrogen) atoms. The molecule has 3 aromatic carbocycles. The molecule has 176 valence electrons. The van der Waals surface area contributed by atoms with Gasteiger partial charge in [-0.15, -0.1) is 0 Å². The van der Waals surface area contributed by atoms with Gasteiger partial charge in [0.05, 0.1) is 10.9 Å². The molecule has 0 fully saturated rings. The van der Waals surface area contributed by atoms with Crippen molar-refractivity contribution in [1.82, 2.24) is 0 Å². The SMILES string of the molecule is Cc1ccc(/C=C2/N=C(SC(C)C(=O)Nc3ccc(C(N)=O)cc3)N(c3ccccc3)C2=O)cc1. The average Bonchev–Trinajstić information content (AvgIpc) is 3.15. The summed E-state index contributed by atoms with van der Waals surface area (Å²) in [6, 6.07) is 23.4. The van der Waals surface area contributed by atoms with Crippen molar-refractivity contribution in [2.24, 2.45) is 10.7 Å². The van der Waals surface area contributed by atoms with Crippen LogP contribution in [0.4, 0.5) is 11.4 Å². The third-order valence-electron chi connectivity index (χ3n) is 5.31. The van der Waals surface area contributed by atoms with Crippen molar-refractivity contribution in [2.75, 3.05) is 10.2 Å². The first-order valence-corrected chi connectivity index (χ1v) is 11.8. The summed E-state index contributed by atoms with van der Waals surface area (Å²) in [5.74, 6) is -1.05. The minimum atomic E-state index is -0.553. The zero-order valence-electron chi connectivity index (χ0n) is 19.3. The van der Waals surface area contributed by atoms with Crippen LogP contribution in [0.25, 0.3) is 6.08 Å². The number of amidine groups is 1. The lowest BCUT2D eigenvalue weighted by molar-refractivity contribution is -0.115. The fourth-order valence-corrected chi connectivity index (χ4v) is 4.30. The van der Waals surface area contributed by atoms with Crippen LogP contribution in [0.1, 0.15) is 28.4 Å². The van der Waals surface area contributed by atoms with Gasteiger partial charge in [0.25, 0.3) is 5.91 Å². The summed E-state index contributed by atoms with van der Waals surface area (Å²) in [7, 11) is 0. The lowest BCUT2D eigenvalue weighted by atomic mass is 10.1. The number of thioether (sulfide) groups is 1. The van der Waals surface area contributed by atoms with Crippen molar-refractivity contribution >= 4 is 52.1 Å². The number of primary amides is 1. The van der Waals surface area contributed by atoms with Crippen LogP contribution in [-0.4, -0.2) is 28.1 Å². The van der Waals surface area contributed by atoms with E-state index in [4.69, 9.17) is 5.73 Å². The maximum atomic E-state index is 13.3. The van der Waals surface area contributed by atoms with E-state index in [1.165, 1.54) is 16.7 Å². The molecule has 7 nitrogen and oxygen atoms in total. The van der Waals surface area contributed by atoms with E-state index in [1.54, 1.807) is 37.3 Å². The van der Waals surface area contributed by atoms with Gasteiger partial charge >= 0.3 is 0 Å². The van der Waals surface area contributed by atoms with Crippen LogP contribution in [0.3, 0.4) is 0 Å². The van der Waals surface area contributed by atoms with Crippen LogP contribution >= 0.6 is 11.8 Å². The molecule has 0 saturated heterocycles. The maximum absolute atomic E-state index is 13.3. The first kappa shape index (κ1) is 24.0. The Labute approximate surface area is 207 Å². The minimum Gasteiger partial charge on any atom is -0.366 e. The fraction of sp³-hybridized carbons (Fsp3) is 0.111. The van der Waals surface area contributed by atoms with E-state index in [0.29, 0.717) is 27.8 Å². The first-order chi connectivity index (χ1) is 16.8. The third-order valence-corrected chi connectivity index (χ3v) is 6.37. The molecule has 1 heterocycles. The molecule has 1 aliphatic rings. The smallest absolute Gasteiger partial charge is 0.283 e. The Bertz CT molecular complexity index is 1320. The van der Waals surface area contributed by atoms with Crippen molar-refractivity contribution in [3.63, 3.8) is 0 Å². The van der Waals surface area contributed by atoms with Crippen LogP contribution in [-0.2, 0) is 9.59 Å². The Hall–Kier alpha value is -4.17. The summed E-state index contributed by atoms with van der Waals surface area (Å²) in [4.78, 5) is 43.5. The molecule has 0 spiro atoms. The second kappa shape index (κ2) is 10.4.